The normalized spacial score (nSPS) is 13.6. The quantitative estimate of drug-likeness (QED) is 0.758. The van der Waals surface area contributed by atoms with E-state index in [9.17, 15) is 5.11 Å². The largest absolute Gasteiger partial charge is 0.387 e. The molecule has 0 saturated heterocycles. The molecule has 0 aliphatic heterocycles. The number of hydrogen-bond donors (Lipinski definition) is 2. The minimum Gasteiger partial charge on any atom is -0.387 e. The number of aliphatic hydroxyl groups excluding tert-OH is 1. The van der Waals surface area contributed by atoms with Gasteiger partial charge in [-0.3, -0.25) is 4.68 Å². The summed E-state index contributed by atoms with van der Waals surface area (Å²) in [7, 11) is 1.82. The molecule has 80 valence electrons. The van der Waals surface area contributed by atoms with Gasteiger partial charge in [0.05, 0.1) is 11.8 Å². The molecular weight excluding hydrogens is 178 g/mol. The van der Waals surface area contributed by atoms with Crippen molar-refractivity contribution in [3.63, 3.8) is 0 Å². The van der Waals surface area contributed by atoms with E-state index in [0.29, 0.717) is 12.6 Å². The lowest BCUT2D eigenvalue weighted by Gasteiger charge is -2.08. The number of hydrogen-bond acceptors (Lipinski definition) is 3. The van der Waals surface area contributed by atoms with Crippen LogP contribution in [0.3, 0.4) is 0 Å². The van der Waals surface area contributed by atoms with E-state index in [0.717, 1.165) is 11.3 Å². The van der Waals surface area contributed by atoms with Crippen molar-refractivity contribution in [3.8, 4) is 0 Å². The van der Waals surface area contributed by atoms with E-state index in [4.69, 9.17) is 0 Å². The Morgan fingerprint density at radius 3 is 2.64 bits per heavy atom. The molecule has 14 heavy (non-hydrogen) atoms. The second-order valence-electron chi connectivity index (χ2n) is 3.82. The van der Waals surface area contributed by atoms with Crippen LogP contribution in [0, 0.1) is 6.92 Å². The van der Waals surface area contributed by atoms with Gasteiger partial charge in [-0.05, 0) is 27.8 Å². The second-order valence-corrected chi connectivity index (χ2v) is 3.82. The molecule has 1 rings (SSSR count). The molecule has 0 saturated carbocycles. The molecule has 0 spiro atoms. The molecule has 0 aromatic carbocycles. The van der Waals surface area contributed by atoms with Gasteiger partial charge in [0.15, 0.2) is 0 Å². The van der Waals surface area contributed by atoms with Crippen molar-refractivity contribution < 1.29 is 5.11 Å². The number of rotatable bonds is 4. The molecule has 1 atom stereocenters. The molecule has 4 heteroatoms. The number of nitrogens with one attached hydrogen (secondary N) is 1. The first-order valence-corrected chi connectivity index (χ1v) is 4.94. The Kier molecular flexibility index (Phi) is 3.66. The number of aromatic nitrogens is 2. The summed E-state index contributed by atoms with van der Waals surface area (Å²) in [4.78, 5) is 0. The maximum atomic E-state index is 9.78. The van der Waals surface area contributed by atoms with Gasteiger partial charge in [-0.25, -0.2) is 0 Å². The maximum Gasteiger partial charge on any atom is 0.0947 e. The van der Waals surface area contributed by atoms with Gasteiger partial charge in [0.25, 0.3) is 0 Å². The Morgan fingerprint density at radius 1 is 1.57 bits per heavy atom. The van der Waals surface area contributed by atoms with Crippen molar-refractivity contribution in [1.29, 1.82) is 0 Å². The standard InChI is InChI=1S/C10H19N3O/c1-7(2)13-6-9(8(3)12-13)10(14)5-11-4/h6-7,10-11,14H,5H2,1-4H3. The lowest BCUT2D eigenvalue weighted by Crippen LogP contribution is -2.16. The molecule has 0 aliphatic rings. The molecule has 1 unspecified atom stereocenters. The smallest absolute Gasteiger partial charge is 0.0947 e. The zero-order chi connectivity index (χ0) is 10.7. The van der Waals surface area contributed by atoms with Gasteiger partial charge in [0, 0.05) is 24.3 Å². The maximum absolute atomic E-state index is 9.78. The minimum atomic E-state index is -0.465. The monoisotopic (exact) mass is 197 g/mol. The van der Waals surface area contributed by atoms with Crippen molar-refractivity contribution in [2.24, 2.45) is 0 Å². The molecule has 0 bridgehead atoms. The lowest BCUT2D eigenvalue weighted by molar-refractivity contribution is 0.177. The molecule has 1 heterocycles. The SMILES string of the molecule is CNCC(O)c1cn(C(C)C)nc1C. The summed E-state index contributed by atoms with van der Waals surface area (Å²) in [6.07, 6.45) is 1.45. The van der Waals surface area contributed by atoms with Crippen LogP contribution in [0.2, 0.25) is 0 Å². The zero-order valence-corrected chi connectivity index (χ0v) is 9.28. The Labute approximate surface area is 84.9 Å². The molecule has 1 aromatic rings. The highest BCUT2D eigenvalue weighted by molar-refractivity contribution is 5.19. The molecule has 0 aliphatic carbocycles. The van der Waals surface area contributed by atoms with Crippen LogP contribution < -0.4 is 5.32 Å². The molecule has 0 fully saturated rings. The summed E-state index contributed by atoms with van der Waals surface area (Å²) in [6.45, 7) is 6.62. The summed E-state index contributed by atoms with van der Waals surface area (Å²) in [5, 5.41) is 17.1. The number of aryl methyl sites for hydroxylation is 1. The summed E-state index contributed by atoms with van der Waals surface area (Å²) in [5.74, 6) is 0. The second kappa shape index (κ2) is 4.57. The fourth-order valence-electron chi connectivity index (χ4n) is 1.39. The van der Waals surface area contributed by atoms with Crippen LogP contribution in [0.15, 0.2) is 6.20 Å². The molecule has 2 N–H and O–H groups in total. The highest BCUT2D eigenvalue weighted by Gasteiger charge is 2.14. The average molecular weight is 197 g/mol. The van der Waals surface area contributed by atoms with Crippen molar-refractivity contribution in [3.05, 3.63) is 17.5 Å². The van der Waals surface area contributed by atoms with Crippen LogP contribution in [0.1, 0.15) is 37.3 Å². The molecule has 1 aromatic heterocycles. The third kappa shape index (κ3) is 2.33. The van der Waals surface area contributed by atoms with Crippen LogP contribution in [0.5, 0.6) is 0 Å². The van der Waals surface area contributed by atoms with Gasteiger partial charge >= 0.3 is 0 Å². The van der Waals surface area contributed by atoms with E-state index in [1.165, 1.54) is 0 Å². The number of nitrogens with zero attached hydrogens (tertiary/aromatic N) is 2. The summed E-state index contributed by atoms with van der Waals surface area (Å²) in [5.41, 5.74) is 1.81. The van der Waals surface area contributed by atoms with Gasteiger partial charge < -0.3 is 10.4 Å². The van der Waals surface area contributed by atoms with Gasteiger partial charge in [0.2, 0.25) is 0 Å². The third-order valence-electron chi connectivity index (χ3n) is 2.24. The number of aliphatic hydroxyl groups is 1. The van der Waals surface area contributed by atoms with Crippen LogP contribution in [0.4, 0.5) is 0 Å². The van der Waals surface area contributed by atoms with Crippen molar-refractivity contribution in [2.75, 3.05) is 13.6 Å². The highest BCUT2D eigenvalue weighted by atomic mass is 16.3. The van der Waals surface area contributed by atoms with Crippen LogP contribution in [-0.4, -0.2) is 28.5 Å². The summed E-state index contributed by atoms with van der Waals surface area (Å²) < 4.78 is 1.88. The fraction of sp³-hybridized carbons (Fsp3) is 0.700. The molecule has 0 radical (unpaired) electrons. The summed E-state index contributed by atoms with van der Waals surface area (Å²) in [6, 6.07) is 0.337. The Bertz CT molecular complexity index is 294. The van der Waals surface area contributed by atoms with Gasteiger partial charge in [-0.15, -0.1) is 0 Å². The Balaban J connectivity index is 2.86. The van der Waals surface area contributed by atoms with E-state index in [1.807, 2.05) is 24.9 Å². The molecular formula is C10H19N3O. The molecule has 0 amide bonds. The Morgan fingerprint density at radius 2 is 2.21 bits per heavy atom. The van der Waals surface area contributed by atoms with E-state index in [2.05, 4.69) is 24.3 Å². The van der Waals surface area contributed by atoms with Crippen molar-refractivity contribution >= 4 is 0 Å². The van der Waals surface area contributed by atoms with Crippen LogP contribution in [-0.2, 0) is 0 Å². The van der Waals surface area contributed by atoms with E-state index in [-0.39, 0.29) is 0 Å². The third-order valence-corrected chi connectivity index (χ3v) is 2.24. The Hall–Kier alpha value is -0.870. The van der Waals surface area contributed by atoms with E-state index in [1.54, 1.807) is 0 Å². The number of likely N-dealkylation sites (N-methyl/N-ethyl adjacent to an activating group) is 1. The van der Waals surface area contributed by atoms with E-state index < -0.39 is 6.10 Å². The van der Waals surface area contributed by atoms with Crippen molar-refractivity contribution in [1.82, 2.24) is 15.1 Å². The highest BCUT2D eigenvalue weighted by Crippen LogP contribution is 2.17. The predicted molar refractivity (Wildman–Crippen MR) is 56.2 cm³/mol. The van der Waals surface area contributed by atoms with E-state index >= 15 is 0 Å². The van der Waals surface area contributed by atoms with Gasteiger partial charge in [0.1, 0.15) is 0 Å². The first-order chi connectivity index (χ1) is 6.56. The zero-order valence-electron chi connectivity index (χ0n) is 9.28. The fourth-order valence-corrected chi connectivity index (χ4v) is 1.39. The average Bonchev–Trinajstić information content (AvgIpc) is 2.48. The van der Waals surface area contributed by atoms with Crippen LogP contribution >= 0.6 is 0 Å². The minimum absolute atomic E-state index is 0.337. The molecule has 4 nitrogen and oxygen atoms in total. The topological polar surface area (TPSA) is 50.1 Å². The predicted octanol–water partition coefficient (Wildman–Crippen LogP) is 1.03. The first kappa shape index (κ1) is 11.2. The van der Waals surface area contributed by atoms with Gasteiger partial charge in [-0.2, -0.15) is 5.10 Å². The first-order valence-electron chi connectivity index (χ1n) is 4.94. The summed E-state index contributed by atoms with van der Waals surface area (Å²) >= 11 is 0. The van der Waals surface area contributed by atoms with Crippen molar-refractivity contribution in [2.45, 2.75) is 32.9 Å². The van der Waals surface area contributed by atoms with Gasteiger partial charge in [-0.1, -0.05) is 0 Å². The van der Waals surface area contributed by atoms with Crippen LogP contribution in [0.25, 0.3) is 0 Å². The lowest BCUT2D eigenvalue weighted by atomic mass is 10.1.